The van der Waals surface area contributed by atoms with E-state index < -0.39 is 0 Å². The molecular formula is C31H62N2. The molecule has 0 N–H and O–H groups in total. The second-order valence-corrected chi connectivity index (χ2v) is 10.8. The van der Waals surface area contributed by atoms with Crippen LogP contribution >= 0.6 is 0 Å². The van der Waals surface area contributed by atoms with Crippen LogP contribution in [0, 0.1) is 0 Å². The van der Waals surface area contributed by atoms with Crippen molar-refractivity contribution < 1.29 is 0 Å². The van der Waals surface area contributed by atoms with Crippen molar-refractivity contribution in [3.8, 4) is 0 Å². The minimum Gasteiger partial charge on any atom is -0.356 e. The summed E-state index contributed by atoms with van der Waals surface area (Å²) < 4.78 is 0. The lowest BCUT2D eigenvalue weighted by molar-refractivity contribution is 0.138. The molecule has 1 atom stereocenters. The summed E-state index contributed by atoms with van der Waals surface area (Å²) in [6.07, 6.45) is 38.1. The molecule has 0 aromatic carbocycles. The summed E-state index contributed by atoms with van der Waals surface area (Å²) in [7, 11) is 0. The first-order valence-corrected chi connectivity index (χ1v) is 15.5. The van der Waals surface area contributed by atoms with Gasteiger partial charge in [-0.2, -0.15) is 0 Å². The Hall–Kier alpha value is -0.660. The Morgan fingerprint density at radius 1 is 0.394 bits per heavy atom. The van der Waals surface area contributed by atoms with Crippen molar-refractivity contribution in [2.75, 3.05) is 13.1 Å². The molecule has 0 bridgehead atoms. The number of hydrogen-bond acceptors (Lipinski definition) is 2. The van der Waals surface area contributed by atoms with E-state index in [1.807, 2.05) is 0 Å². The maximum Gasteiger partial charge on any atom is 0.101 e. The summed E-state index contributed by atoms with van der Waals surface area (Å²) in [6.45, 7) is 9.45. The molecule has 196 valence electrons. The van der Waals surface area contributed by atoms with Crippen LogP contribution in [-0.4, -0.2) is 29.1 Å². The summed E-state index contributed by atoms with van der Waals surface area (Å²) in [6, 6.07) is 0. The Labute approximate surface area is 210 Å². The highest BCUT2D eigenvalue weighted by atomic mass is 15.4. The van der Waals surface area contributed by atoms with Crippen molar-refractivity contribution >= 4 is 0 Å². The number of hydrogen-bond donors (Lipinski definition) is 0. The molecule has 1 rings (SSSR count). The van der Waals surface area contributed by atoms with Crippen LogP contribution < -0.4 is 0 Å². The largest absolute Gasteiger partial charge is 0.356 e. The summed E-state index contributed by atoms with van der Waals surface area (Å²) in [4.78, 5) is 5.27. The highest BCUT2D eigenvalue weighted by Crippen LogP contribution is 2.22. The molecule has 0 spiro atoms. The smallest absolute Gasteiger partial charge is 0.101 e. The van der Waals surface area contributed by atoms with Crippen molar-refractivity contribution in [1.82, 2.24) is 9.80 Å². The normalized spacial score (nSPS) is 15.8. The van der Waals surface area contributed by atoms with Crippen molar-refractivity contribution in [2.24, 2.45) is 0 Å². The van der Waals surface area contributed by atoms with Crippen LogP contribution in [0.2, 0.25) is 0 Å². The first-order chi connectivity index (χ1) is 16.3. The van der Waals surface area contributed by atoms with Crippen molar-refractivity contribution in [1.29, 1.82) is 0 Å². The third-order valence-corrected chi connectivity index (χ3v) is 7.55. The number of nitrogens with zero attached hydrogens (tertiary/aromatic N) is 2. The van der Waals surface area contributed by atoms with Gasteiger partial charge >= 0.3 is 0 Å². The van der Waals surface area contributed by atoms with E-state index in [0.29, 0.717) is 6.17 Å². The fourth-order valence-corrected chi connectivity index (χ4v) is 5.34. The highest BCUT2D eigenvalue weighted by molar-refractivity contribution is 4.96. The van der Waals surface area contributed by atoms with Crippen LogP contribution in [0.1, 0.15) is 168 Å². The Balaban J connectivity index is 1.93. The van der Waals surface area contributed by atoms with Gasteiger partial charge in [0.1, 0.15) is 6.17 Å². The van der Waals surface area contributed by atoms with E-state index >= 15 is 0 Å². The topological polar surface area (TPSA) is 6.48 Å². The van der Waals surface area contributed by atoms with Gasteiger partial charge in [-0.1, -0.05) is 149 Å². The SMILES string of the molecule is CCCCCCCCCCCCCCCCCCN1C=CN(CCCCCCC)C1CCC. The summed E-state index contributed by atoms with van der Waals surface area (Å²) >= 11 is 0. The second-order valence-electron chi connectivity index (χ2n) is 10.8. The van der Waals surface area contributed by atoms with E-state index in [1.165, 1.54) is 161 Å². The van der Waals surface area contributed by atoms with E-state index in [9.17, 15) is 0 Å². The summed E-state index contributed by atoms with van der Waals surface area (Å²) in [5.41, 5.74) is 0. The van der Waals surface area contributed by atoms with Gasteiger partial charge in [-0.3, -0.25) is 0 Å². The van der Waals surface area contributed by atoms with E-state index in [0.717, 1.165) is 0 Å². The molecule has 1 aliphatic heterocycles. The molecule has 1 unspecified atom stereocenters. The van der Waals surface area contributed by atoms with Crippen molar-refractivity contribution in [3.63, 3.8) is 0 Å². The zero-order valence-electron chi connectivity index (χ0n) is 23.3. The van der Waals surface area contributed by atoms with Crippen LogP contribution in [0.5, 0.6) is 0 Å². The highest BCUT2D eigenvalue weighted by Gasteiger charge is 2.24. The first-order valence-electron chi connectivity index (χ1n) is 15.5. The third kappa shape index (κ3) is 16.6. The number of unbranched alkanes of at least 4 members (excludes halogenated alkanes) is 19. The zero-order chi connectivity index (χ0) is 23.8. The Bertz CT molecular complexity index is 419. The Morgan fingerprint density at radius 3 is 1.00 bits per heavy atom. The average Bonchev–Trinajstić information content (AvgIpc) is 3.20. The predicted molar refractivity (Wildman–Crippen MR) is 150 cm³/mol. The first kappa shape index (κ1) is 30.4. The lowest BCUT2D eigenvalue weighted by atomic mass is 10.0. The summed E-state index contributed by atoms with van der Waals surface area (Å²) in [5, 5.41) is 0. The fourth-order valence-electron chi connectivity index (χ4n) is 5.34. The minimum atomic E-state index is 0.637. The predicted octanol–water partition coefficient (Wildman–Crippen LogP) is 10.4. The quantitative estimate of drug-likeness (QED) is 0.124. The molecule has 0 fully saturated rings. The van der Waals surface area contributed by atoms with Gasteiger partial charge in [0, 0.05) is 25.5 Å². The van der Waals surface area contributed by atoms with Gasteiger partial charge in [0.2, 0.25) is 0 Å². The Morgan fingerprint density at radius 2 is 0.697 bits per heavy atom. The van der Waals surface area contributed by atoms with Gasteiger partial charge in [-0.15, -0.1) is 0 Å². The molecular weight excluding hydrogens is 400 g/mol. The van der Waals surface area contributed by atoms with Crippen LogP contribution in [0.4, 0.5) is 0 Å². The maximum absolute atomic E-state index is 2.64. The molecule has 1 aliphatic rings. The van der Waals surface area contributed by atoms with Crippen molar-refractivity contribution in [3.05, 3.63) is 12.4 Å². The monoisotopic (exact) mass is 462 g/mol. The van der Waals surface area contributed by atoms with E-state index in [-0.39, 0.29) is 0 Å². The molecule has 0 amide bonds. The standard InChI is InChI=1S/C31H62N2/c1-4-7-9-11-12-13-14-15-16-17-18-19-20-21-23-25-28-33-30-29-32(31(33)26-6-3)27-24-22-10-8-5-2/h29-31H,4-28H2,1-3H3. The third-order valence-electron chi connectivity index (χ3n) is 7.55. The average molecular weight is 463 g/mol. The van der Waals surface area contributed by atoms with Gasteiger partial charge in [-0.05, 0) is 19.3 Å². The molecule has 1 heterocycles. The van der Waals surface area contributed by atoms with Crippen molar-refractivity contribution in [2.45, 2.75) is 175 Å². The molecule has 2 heteroatoms. The van der Waals surface area contributed by atoms with E-state index in [2.05, 4.69) is 43.0 Å². The van der Waals surface area contributed by atoms with Gasteiger partial charge in [0.25, 0.3) is 0 Å². The molecule has 0 saturated heterocycles. The molecule has 0 aromatic heterocycles. The van der Waals surface area contributed by atoms with Gasteiger partial charge in [-0.25, -0.2) is 0 Å². The van der Waals surface area contributed by atoms with Crippen LogP contribution in [0.15, 0.2) is 12.4 Å². The summed E-state index contributed by atoms with van der Waals surface area (Å²) in [5.74, 6) is 0. The lowest BCUT2D eigenvalue weighted by Crippen LogP contribution is -2.39. The molecule has 2 nitrogen and oxygen atoms in total. The van der Waals surface area contributed by atoms with Crippen LogP contribution in [0.3, 0.4) is 0 Å². The zero-order valence-corrected chi connectivity index (χ0v) is 23.3. The molecule has 33 heavy (non-hydrogen) atoms. The lowest BCUT2D eigenvalue weighted by Gasteiger charge is -2.33. The minimum absolute atomic E-state index is 0.637. The van der Waals surface area contributed by atoms with Crippen LogP contribution in [-0.2, 0) is 0 Å². The molecule has 0 aromatic rings. The fraction of sp³-hybridized carbons (Fsp3) is 0.935. The van der Waals surface area contributed by atoms with E-state index in [1.54, 1.807) is 0 Å². The van der Waals surface area contributed by atoms with Crippen LogP contribution in [0.25, 0.3) is 0 Å². The van der Waals surface area contributed by atoms with Gasteiger partial charge in [0.15, 0.2) is 0 Å². The van der Waals surface area contributed by atoms with Gasteiger partial charge in [0.05, 0.1) is 0 Å². The Kier molecular flexibility index (Phi) is 21.3. The molecule has 0 aliphatic carbocycles. The van der Waals surface area contributed by atoms with E-state index in [4.69, 9.17) is 0 Å². The maximum atomic E-state index is 2.64. The second kappa shape index (κ2) is 23.1. The molecule has 0 saturated carbocycles. The molecule has 0 radical (unpaired) electrons. The van der Waals surface area contributed by atoms with Gasteiger partial charge < -0.3 is 9.80 Å². The number of rotatable bonds is 25.